The topological polar surface area (TPSA) is 154 Å². The van der Waals surface area contributed by atoms with E-state index >= 15 is 0 Å². The van der Waals surface area contributed by atoms with Gasteiger partial charge in [-0.2, -0.15) is 0 Å². The number of H-pyrrole nitrogens is 1. The van der Waals surface area contributed by atoms with Crippen LogP contribution >= 0.6 is 0 Å². The van der Waals surface area contributed by atoms with Crippen LogP contribution in [0.2, 0.25) is 0 Å². The molecule has 3 heterocycles. The Labute approximate surface area is 117 Å². The Bertz CT molecular complexity index is 697. The highest BCUT2D eigenvalue weighted by Gasteiger charge is 2.44. The van der Waals surface area contributed by atoms with E-state index in [1.807, 2.05) is 0 Å². The number of hydrogen-bond acceptors (Lipinski definition) is 8. The van der Waals surface area contributed by atoms with Gasteiger partial charge in [-0.15, -0.1) is 0 Å². The molecule has 1 saturated heterocycles. The Morgan fingerprint density at radius 2 is 2.00 bits per heavy atom. The molecule has 0 spiro atoms. The molecule has 5 atom stereocenters. The third-order valence-electron chi connectivity index (χ3n) is 3.51. The molecule has 3 rings (SSSR count). The maximum atomic E-state index is 11.6. The zero-order chi connectivity index (χ0) is 15.1. The molecule has 10 nitrogen and oxygen atoms in total. The van der Waals surface area contributed by atoms with Crippen molar-refractivity contribution in [2.24, 2.45) is 0 Å². The van der Waals surface area contributed by atoms with E-state index in [2.05, 4.69) is 15.0 Å². The number of aromatic nitrogens is 4. The third-order valence-corrected chi connectivity index (χ3v) is 3.51. The van der Waals surface area contributed by atoms with Crippen molar-refractivity contribution in [1.29, 1.82) is 0 Å². The molecular formula is C11H14N4O6. The first-order valence-electron chi connectivity index (χ1n) is 6.25. The van der Waals surface area contributed by atoms with Crippen molar-refractivity contribution >= 4 is 11.2 Å². The quantitative estimate of drug-likeness (QED) is 0.395. The van der Waals surface area contributed by atoms with E-state index in [1.165, 1.54) is 17.2 Å². The lowest BCUT2D eigenvalue weighted by Gasteiger charge is -2.40. The number of hydrogen-bond donors (Lipinski definition) is 5. The fourth-order valence-corrected chi connectivity index (χ4v) is 2.36. The van der Waals surface area contributed by atoms with Crippen molar-refractivity contribution in [3.63, 3.8) is 0 Å². The van der Waals surface area contributed by atoms with Crippen LogP contribution in [0.5, 0.6) is 0 Å². The number of nitrogens with zero attached hydrogens (tertiary/aromatic N) is 3. The number of aliphatic hydroxyl groups excluding tert-OH is 4. The average molecular weight is 298 g/mol. The van der Waals surface area contributed by atoms with Crippen LogP contribution in [0.15, 0.2) is 17.4 Å². The van der Waals surface area contributed by atoms with Crippen molar-refractivity contribution in [3.05, 3.63) is 23.0 Å². The molecule has 21 heavy (non-hydrogen) atoms. The second kappa shape index (κ2) is 5.16. The number of fused-ring (bicyclic) bond motifs is 1. The van der Waals surface area contributed by atoms with Crippen molar-refractivity contribution in [2.75, 3.05) is 6.61 Å². The Kier molecular flexibility index (Phi) is 3.47. The number of ether oxygens (including phenoxy) is 1. The second-order valence-corrected chi connectivity index (χ2v) is 4.78. The Balaban J connectivity index is 2.05. The fraction of sp³-hybridized carbons (Fsp3) is 0.545. The van der Waals surface area contributed by atoms with E-state index in [0.29, 0.717) is 0 Å². The number of aliphatic hydroxyl groups is 4. The van der Waals surface area contributed by atoms with Crippen molar-refractivity contribution < 1.29 is 25.2 Å². The molecule has 1 aliphatic rings. The van der Waals surface area contributed by atoms with E-state index in [4.69, 9.17) is 9.84 Å². The van der Waals surface area contributed by atoms with Gasteiger partial charge in [0.15, 0.2) is 17.4 Å². The summed E-state index contributed by atoms with van der Waals surface area (Å²) in [5.41, 5.74) is -0.249. The van der Waals surface area contributed by atoms with E-state index in [9.17, 15) is 20.1 Å². The summed E-state index contributed by atoms with van der Waals surface area (Å²) in [5.74, 6) is 0. The first kappa shape index (κ1) is 14.1. The highest BCUT2D eigenvalue weighted by atomic mass is 16.6. The largest absolute Gasteiger partial charge is 0.394 e. The summed E-state index contributed by atoms with van der Waals surface area (Å²) in [4.78, 5) is 21.8. The molecule has 10 heteroatoms. The molecule has 2 aromatic rings. The Hall–Kier alpha value is -1.85. The molecule has 1 aliphatic heterocycles. The van der Waals surface area contributed by atoms with Gasteiger partial charge in [-0.25, -0.2) is 9.97 Å². The predicted octanol–water partition coefficient (Wildman–Crippen LogP) is -2.91. The lowest BCUT2D eigenvalue weighted by molar-refractivity contribution is -0.250. The first-order valence-corrected chi connectivity index (χ1v) is 6.25. The van der Waals surface area contributed by atoms with Crippen LogP contribution in [0.25, 0.3) is 11.2 Å². The summed E-state index contributed by atoms with van der Waals surface area (Å²) < 4.78 is 6.65. The lowest BCUT2D eigenvalue weighted by Crippen LogP contribution is -2.56. The van der Waals surface area contributed by atoms with E-state index in [1.54, 1.807) is 0 Å². The smallest absolute Gasteiger partial charge is 0.278 e. The second-order valence-electron chi connectivity index (χ2n) is 4.78. The molecule has 0 unspecified atom stereocenters. The number of nitrogens with one attached hydrogen (secondary N) is 1. The van der Waals surface area contributed by atoms with Gasteiger partial charge in [-0.1, -0.05) is 0 Å². The lowest BCUT2D eigenvalue weighted by atomic mass is 9.98. The van der Waals surface area contributed by atoms with Crippen LogP contribution < -0.4 is 5.56 Å². The normalized spacial score (nSPS) is 33.4. The van der Waals surface area contributed by atoms with Crippen LogP contribution in [0.1, 0.15) is 6.23 Å². The molecule has 0 aromatic carbocycles. The van der Waals surface area contributed by atoms with Gasteiger partial charge in [-0.05, 0) is 0 Å². The molecule has 2 aromatic heterocycles. The van der Waals surface area contributed by atoms with Crippen molar-refractivity contribution in [2.45, 2.75) is 30.6 Å². The van der Waals surface area contributed by atoms with Crippen LogP contribution in [0.3, 0.4) is 0 Å². The SMILES string of the molecule is O=c1[nH]cnc2c1ncn2[C@@H]1O[C@H](CO)[C@@H](O)[C@H](O)[C@H]1O. The van der Waals surface area contributed by atoms with E-state index < -0.39 is 42.8 Å². The van der Waals surface area contributed by atoms with Gasteiger partial charge in [0.1, 0.15) is 24.4 Å². The standard InChI is InChI=1S/C11H14N4O6/c16-1-4-6(17)7(18)8(19)11(21-4)15-3-14-5-9(15)12-2-13-10(5)20/h2-4,6-8,11,16-19H,1H2,(H,12,13,20)/t4-,6-,7+,8-,11-/m1/s1. The van der Waals surface area contributed by atoms with Crippen LogP contribution in [-0.2, 0) is 4.74 Å². The minimum absolute atomic E-state index is 0.0504. The Morgan fingerprint density at radius 3 is 2.71 bits per heavy atom. The highest BCUT2D eigenvalue weighted by molar-refractivity contribution is 5.68. The zero-order valence-corrected chi connectivity index (χ0v) is 10.7. The summed E-state index contributed by atoms with van der Waals surface area (Å²) >= 11 is 0. The minimum Gasteiger partial charge on any atom is -0.394 e. The number of aromatic amines is 1. The number of rotatable bonds is 2. The van der Waals surface area contributed by atoms with Crippen LogP contribution in [0, 0.1) is 0 Å². The van der Waals surface area contributed by atoms with Crippen LogP contribution in [-0.4, -0.2) is 71.0 Å². The van der Waals surface area contributed by atoms with Gasteiger partial charge < -0.3 is 30.1 Å². The van der Waals surface area contributed by atoms with Gasteiger partial charge >= 0.3 is 0 Å². The van der Waals surface area contributed by atoms with Gasteiger partial charge in [0.2, 0.25) is 0 Å². The van der Waals surface area contributed by atoms with Gasteiger partial charge in [0, 0.05) is 0 Å². The maximum Gasteiger partial charge on any atom is 0.278 e. The van der Waals surface area contributed by atoms with Gasteiger partial charge in [-0.3, -0.25) is 9.36 Å². The highest BCUT2D eigenvalue weighted by Crippen LogP contribution is 2.29. The molecule has 0 saturated carbocycles. The van der Waals surface area contributed by atoms with Crippen molar-refractivity contribution in [3.8, 4) is 0 Å². The summed E-state index contributed by atoms with van der Waals surface area (Å²) in [7, 11) is 0. The monoisotopic (exact) mass is 298 g/mol. The van der Waals surface area contributed by atoms with E-state index in [-0.39, 0.29) is 11.2 Å². The van der Waals surface area contributed by atoms with E-state index in [0.717, 1.165) is 0 Å². The summed E-state index contributed by atoms with van der Waals surface area (Å²) in [6.45, 7) is -0.540. The average Bonchev–Trinajstić information content (AvgIpc) is 2.91. The summed E-state index contributed by atoms with van der Waals surface area (Å²) in [6.07, 6.45) is -4.21. The molecule has 114 valence electrons. The molecule has 0 bridgehead atoms. The molecule has 0 aliphatic carbocycles. The molecular weight excluding hydrogens is 284 g/mol. The molecule has 5 N–H and O–H groups in total. The summed E-state index contributed by atoms with van der Waals surface area (Å²) in [5, 5.41) is 38.7. The van der Waals surface area contributed by atoms with Gasteiger partial charge in [0.25, 0.3) is 5.56 Å². The maximum absolute atomic E-state index is 11.6. The van der Waals surface area contributed by atoms with Crippen molar-refractivity contribution in [1.82, 2.24) is 19.5 Å². The van der Waals surface area contributed by atoms with Crippen LogP contribution in [0.4, 0.5) is 0 Å². The molecule has 0 radical (unpaired) electrons. The third kappa shape index (κ3) is 2.13. The molecule has 0 amide bonds. The summed E-state index contributed by atoms with van der Waals surface area (Å²) in [6, 6.07) is 0. The zero-order valence-electron chi connectivity index (χ0n) is 10.7. The van der Waals surface area contributed by atoms with Gasteiger partial charge in [0.05, 0.1) is 19.3 Å². The first-order chi connectivity index (χ1) is 10.0. The fourth-order valence-electron chi connectivity index (χ4n) is 2.36. The predicted molar refractivity (Wildman–Crippen MR) is 67.2 cm³/mol. The Morgan fingerprint density at radius 1 is 1.24 bits per heavy atom. The number of imidazole rings is 1. The minimum atomic E-state index is -1.51. The molecule has 1 fully saturated rings.